The molecule has 1 aromatic rings. The van der Waals surface area contributed by atoms with E-state index in [1.165, 1.54) is 11.8 Å². The SMILES string of the molecule is C1NCNCN1.CCNc1nc(NC(C)(C)C)nc(SC)n1. The highest BCUT2D eigenvalue weighted by atomic mass is 32.2. The van der Waals surface area contributed by atoms with E-state index in [1.54, 1.807) is 0 Å². The summed E-state index contributed by atoms with van der Waals surface area (Å²) in [6.07, 6.45) is 1.95. The Hall–Kier alpha value is -1.16. The largest absolute Gasteiger partial charge is 0.354 e. The van der Waals surface area contributed by atoms with Gasteiger partial charge in [0.15, 0.2) is 5.16 Å². The topological polar surface area (TPSA) is 98.8 Å². The van der Waals surface area contributed by atoms with Gasteiger partial charge in [0, 0.05) is 32.1 Å². The van der Waals surface area contributed by atoms with Crippen LogP contribution < -0.4 is 26.6 Å². The van der Waals surface area contributed by atoms with E-state index in [1.807, 2.05) is 13.2 Å². The Bertz CT molecular complexity index is 419. The Morgan fingerprint density at radius 1 is 1.00 bits per heavy atom. The van der Waals surface area contributed by atoms with Crippen molar-refractivity contribution in [3.63, 3.8) is 0 Å². The summed E-state index contributed by atoms with van der Waals surface area (Å²) in [4.78, 5) is 12.9. The average molecular weight is 328 g/mol. The highest BCUT2D eigenvalue weighted by Crippen LogP contribution is 2.16. The van der Waals surface area contributed by atoms with Gasteiger partial charge in [-0.1, -0.05) is 11.8 Å². The van der Waals surface area contributed by atoms with Crippen LogP contribution in [0.5, 0.6) is 0 Å². The fraction of sp³-hybridized carbons (Fsp3) is 0.769. The number of rotatable bonds is 4. The maximum atomic E-state index is 4.31. The second kappa shape index (κ2) is 9.78. The zero-order valence-electron chi connectivity index (χ0n) is 14.1. The van der Waals surface area contributed by atoms with Gasteiger partial charge in [-0.3, -0.25) is 16.0 Å². The average Bonchev–Trinajstić information content (AvgIpc) is 2.48. The van der Waals surface area contributed by atoms with Gasteiger partial charge in [0.1, 0.15) is 0 Å². The van der Waals surface area contributed by atoms with Crippen LogP contribution in [0.2, 0.25) is 0 Å². The Morgan fingerprint density at radius 3 is 1.95 bits per heavy atom. The highest BCUT2D eigenvalue weighted by Gasteiger charge is 2.13. The number of hydrogen-bond acceptors (Lipinski definition) is 9. The molecule has 1 aromatic heterocycles. The first-order valence-corrected chi connectivity index (χ1v) is 8.61. The van der Waals surface area contributed by atoms with Crippen LogP contribution >= 0.6 is 11.8 Å². The van der Waals surface area contributed by atoms with E-state index in [4.69, 9.17) is 0 Å². The molecule has 1 aliphatic rings. The molecular formula is C13H28N8S. The third-order valence-corrected chi connectivity index (χ3v) is 2.92. The minimum absolute atomic E-state index is 0.0550. The molecule has 0 radical (unpaired) electrons. The lowest BCUT2D eigenvalue weighted by Crippen LogP contribution is -2.47. The molecule has 1 aliphatic heterocycles. The molecule has 1 saturated heterocycles. The molecule has 1 fully saturated rings. The maximum absolute atomic E-state index is 4.31. The number of aromatic nitrogens is 3. The third kappa shape index (κ3) is 8.32. The molecule has 2 heterocycles. The van der Waals surface area contributed by atoms with Crippen molar-refractivity contribution in [2.75, 3.05) is 43.4 Å². The summed E-state index contributed by atoms with van der Waals surface area (Å²) in [6.45, 7) is 11.8. The summed E-state index contributed by atoms with van der Waals surface area (Å²) in [5.41, 5.74) is -0.0550. The molecule has 22 heavy (non-hydrogen) atoms. The Balaban J connectivity index is 0.000000335. The van der Waals surface area contributed by atoms with Crippen molar-refractivity contribution >= 4 is 23.7 Å². The van der Waals surface area contributed by atoms with E-state index in [-0.39, 0.29) is 5.54 Å². The molecule has 0 aromatic carbocycles. The highest BCUT2D eigenvalue weighted by molar-refractivity contribution is 7.98. The summed E-state index contributed by atoms with van der Waals surface area (Å²) >= 11 is 1.51. The molecule has 5 N–H and O–H groups in total. The normalized spacial score (nSPS) is 14.8. The minimum Gasteiger partial charge on any atom is -0.354 e. The lowest BCUT2D eigenvalue weighted by Gasteiger charge is -2.20. The van der Waals surface area contributed by atoms with Gasteiger partial charge in [-0.2, -0.15) is 15.0 Å². The summed E-state index contributed by atoms with van der Waals surface area (Å²) < 4.78 is 0. The van der Waals surface area contributed by atoms with Crippen molar-refractivity contribution in [1.82, 2.24) is 30.9 Å². The first-order valence-electron chi connectivity index (χ1n) is 7.39. The van der Waals surface area contributed by atoms with E-state index in [0.29, 0.717) is 11.9 Å². The number of nitrogens with zero attached hydrogens (tertiary/aromatic N) is 3. The molecule has 0 bridgehead atoms. The van der Waals surface area contributed by atoms with Gasteiger partial charge in [0.2, 0.25) is 11.9 Å². The summed E-state index contributed by atoms with van der Waals surface area (Å²) in [5, 5.41) is 16.2. The van der Waals surface area contributed by atoms with Crippen molar-refractivity contribution in [1.29, 1.82) is 0 Å². The molecule has 0 spiro atoms. The number of thioether (sulfide) groups is 1. The first-order chi connectivity index (χ1) is 10.4. The van der Waals surface area contributed by atoms with Crippen LogP contribution in [0, 0.1) is 0 Å². The Kier molecular flexibility index (Phi) is 8.39. The minimum atomic E-state index is -0.0550. The Labute approximate surface area is 137 Å². The molecule has 2 rings (SSSR count). The van der Waals surface area contributed by atoms with Crippen LogP contribution in [-0.4, -0.2) is 53.3 Å². The van der Waals surface area contributed by atoms with Crippen molar-refractivity contribution < 1.29 is 0 Å². The number of nitrogens with one attached hydrogen (secondary N) is 5. The molecule has 0 unspecified atom stereocenters. The molecular weight excluding hydrogens is 300 g/mol. The standard InChI is InChI=1S/C10H19N5S.C3H9N3/c1-6-11-7-12-8(15-10(2,3)4)14-9(13-7)16-5;1-4-2-6-3-5-1/h6H2,1-5H3,(H2,11,12,13,14,15);4-6H,1-3H2. The second-order valence-electron chi connectivity index (χ2n) is 5.65. The molecule has 0 aliphatic carbocycles. The van der Waals surface area contributed by atoms with Gasteiger partial charge in [0.05, 0.1) is 0 Å². The monoisotopic (exact) mass is 328 g/mol. The van der Waals surface area contributed by atoms with Crippen molar-refractivity contribution in [3.8, 4) is 0 Å². The lowest BCUT2D eigenvalue weighted by molar-refractivity contribution is 0.443. The smallest absolute Gasteiger partial charge is 0.228 e. The molecule has 0 saturated carbocycles. The van der Waals surface area contributed by atoms with Gasteiger partial charge >= 0.3 is 0 Å². The molecule has 8 nitrogen and oxygen atoms in total. The van der Waals surface area contributed by atoms with Crippen molar-refractivity contribution in [3.05, 3.63) is 0 Å². The summed E-state index contributed by atoms with van der Waals surface area (Å²) in [7, 11) is 0. The van der Waals surface area contributed by atoms with Gasteiger partial charge in [-0.15, -0.1) is 0 Å². The summed E-state index contributed by atoms with van der Waals surface area (Å²) in [6, 6.07) is 0. The molecule has 9 heteroatoms. The van der Waals surface area contributed by atoms with E-state index in [0.717, 1.165) is 31.7 Å². The van der Waals surface area contributed by atoms with Gasteiger partial charge in [-0.05, 0) is 34.0 Å². The van der Waals surface area contributed by atoms with Crippen LogP contribution in [0.15, 0.2) is 5.16 Å². The van der Waals surface area contributed by atoms with Crippen molar-refractivity contribution in [2.45, 2.75) is 38.4 Å². The fourth-order valence-electron chi connectivity index (χ4n) is 1.53. The third-order valence-electron chi connectivity index (χ3n) is 2.37. The summed E-state index contributed by atoms with van der Waals surface area (Å²) in [5.74, 6) is 1.23. The molecule has 0 atom stereocenters. The van der Waals surface area contributed by atoms with E-state index >= 15 is 0 Å². The van der Waals surface area contributed by atoms with Crippen LogP contribution in [0.3, 0.4) is 0 Å². The zero-order valence-corrected chi connectivity index (χ0v) is 14.9. The first kappa shape index (κ1) is 18.9. The van der Waals surface area contributed by atoms with Crippen molar-refractivity contribution in [2.24, 2.45) is 0 Å². The maximum Gasteiger partial charge on any atom is 0.228 e. The fourth-order valence-corrected chi connectivity index (χ4v) is 1.88. The van der Waals surface area contributed by atoms with Crippen LogP contribution in [-0.2, 0) is 0 Å². The molecule has 126 valence electrons. The zero-order chi connectivity index (χ0) is 16.4. The van der Waals surface area contributed by atoms with Crippen LogP contribution in [0.25, 0.3) is 0 Å². The molecule has 0 amide bonds. The van der Waals surface area contributed by atoms with Crippen LogP contribution in [0.1, 0.15) is 27.7 Å². The van der Waals surface area contributed by atoms with Crippen LogP contribution in [0.4, 0.5) is 11.9 Å². The van der Waals surface area contributed by atoms with E-state index in [2.05, 4.69) is 62.3 Å². The Morgan fingerprint density at radius 2 is 1.55 bits per heavy atom. The lowest BCUT2D eigenvalue weighted by atomic mass is 10.1. The van der Waals surface area contributed by atoms with E-state index in [9.17, 15) is 0 Å². The quantitative estimate of drug-likeness (QED) is 0.516. The number of hydrogen-bond donors (Lipinski definition) is 5. The van der Waals surface area contributed by atoms with Gasteiger partial charge in [0.25, 0.3) is 0 Å². The predicted octanol–water partition coefficient (Wildman–Crippen LogP) is 0.877. The van der Waals surface area contributed by atoms with Gasteiger partial charge < -0.3 is 10.6 Å². The van der Waals surface area contributed by atoms with Gasteiger partial charge in [-0.25, -0.2) is 0 Å². The van der Waals surface area contributed by atoms with E-state index < -0.39 is 0 Å². The predicted molar refractivity (Wildman–Crippen MR) is 93.2 cm³/mol. The number of anilines is 2. The second-order valence-corrected chi connectivity index (χ2v) is 6.43.